The molecule has 1 aromatic carbocycles. The van der Waals surface area contributed by atoms with E-state index in [2.05, 4.69) is 29.3 Å². The average Bonchev–Trinajstić information content (AvgIpc) is 3.30. The van der Waals surface area contributed by atoms with Crippen LogP contribution in [0, 0.1) is 0 Å². The summed E-state index contributed by atoms with van der Waals surface area (Å²) in [4.78, 5) is 13.6. The van der Waals surface area contributed by atoms with Gasteiger partial charge >= 0.3 is 5.97 Å². The zero-order valence-corrected chi connectivity index (χ0v) is 12.8. The highest BCUT2D eigenvalue weighted by Gasteiger charge is 2.28. The molecule has 1 atom stereocenters. The summed E-state index contributed by atoms with van der Waals surface area (Å²) in [5.41, 5.74) is 1.18. The molecule has 0 amide bonds. The summed E-state index contributed by atoms with van der Waals surface area (Å²) in [6, 6.07) is 10.3. The lowest BCUT2D eigenvalue weighted by Gasteiger charge is -2.26. The van der Waals surface area contributed by atoms with Crippen molar-refractivity contribution in [2.75, 3.05) is 18.0 Å². The number of hydrogen-bond donors (Lipinski definition) is 2. The summed E-state index contributed by atoms with van der Waals surface area (Å²) in [6.07, 6.45) is 5.14. The molecule has 1 unspecified atom stereocenters. The first-order valence-corrected chi connectivity index (χ1v) is 7.99. The smallest absolute Gasteiger partial charge is 0.320 e. The fourth-order valence-corrected chi connectivity index (χ4v) is 2.46. The predicted octanol–water partition coefficient (Wildman–Crippen LogP) is 2.89. The van der Waals surface area contributed by atoms with Crippen molar-refractivity contribution in [3.05, 3.63) is 30.3 Å². The monoisotopic (exact) mass is 290 g/mol. The molecule has 1 aliphatic carbocycles. The summed E-state index contributed by atoms with van der Waals surface area (Å²) in [7, 11) is 0. The normalized spacial score (nSPS) is 15.7. The second-order valence-corrected chi connectivity index (χ2v) is 5.80. The number of para-hydroxylation sites is 1. The summed E-state index contributed by atoms with van der Waals surface area (Å²) in [6.45, 7) is 3.94. The Balaban J connectivity index is 1.92. The molecule has 1 saturated carbocycles. The average molecular weight is 290 g/mol. The van der Waals surface area contributed by atoms with Crippen molar-refractivity contribution in [1.82, 2.24) is 5.32 Å². The van der Waals surface area contributed by atoms with Gasteiger partial charge in [0.15, 0.2) is 0 Å². The standard InChI is InChI=1S/C17H26N2O2/c1-2-3-12-19(15-7-5-4-6-8-15)13-11-16(17(20)21)18-14-9-10-14/h4-8,14,16,18H,2-3,9-13H2,1H3,(H,20,21). The van der Waals surface area contributed by atoms with E-state index in [0.29, 0.717) is 12.5 Å². The van der Waals surface area contributed by atoms with E-state index in [0.717, 1.165) is 38.8 Å². The van der Waals surface area contributed by atoms with Crippen molar-refractivity contribution in [1.29, 1.82) is 0 Å². The van der Waals surface area contributed by atoms with Crippen molar-refractivity contribution in [3.63, 3.8) is 0 Å². The number of carboxylic acids is 1. The van der Waals surface area contributed by atoms with E-state index in [1.165, 1.54) is 5.69 Å². The molecule has 0 bridgehead atoms. The highest BCUT2D eigenvalue weighted by molar-refractivity contribution is 5.73. The summed E-state index contributed by atoms with van der Waals surface area (Å²) >= 11 is 0. The quantitative estimate of drug-likeness (QED) is 0.696. The Bertz CT molecular complexity index is 432. The zero-order valence-electron chi connectivity index (χ0n) is 12.8. The van der Waals surface area contributed by atoms with Gasteiger partial charge in [-0.15, -0.1) is 0 Å². The molecular weight excluding hydrogens is 264 g/mol. The fraction of sp³-hybridized carbons (Fsp3) is 0.588. The topological polar surface area (TPSA) is 52.6 Å². The Morgan fingerprint density at radius 1 is 1.33 bits per heavy atom. The van der Waals surface area contributed by atoms with Gasteiger partial charge < -0.3 is 15.3 Å². The third kappa shape index (κ3) is 5.38. The Morgan fingerprint density at radius 3 is 2.62 bits per heavy atom. The third-order valence-corrected chi connectivity index (χ3v) is 3.90. The van der Waals surface area contributed by atoms with Gasteiger partial charge in [0.05, 0.1) is 0 Å². The molecule has 1 fully saturated rings. The Labute approximate surface area is 127 Å². The van der Waals surface area contributed by atoms with Crippen LogP contribution in [0.4, 0.5) is 5.69 Å². The van der Waals surface area contributed by atoms with Gasteiger partial charge in [0.1, 0.15) is 6.04 Å². The third-order valence-electron chi connectivity index (χ3n) is 3.90. The Morgan fingerprint density at radius 2 is 2.05 bits per heavy atom. The van der Waals surface area contributed by atoms with Crippen LogP contribution in [0.25, 0.3) is 0 Å². The number of carbonyl (C=O) groups is 1. The summed E-state index contributed by atoms with van der Waals surface area (Å²) < 4.78 is 0. The number of anilines is 1. The minimum absolute atomic E-state index is 0.423. The second kappa shape index (κ2) is 8.03. The van der Waals surface area contributed by atoms with Crippen LogP contribution in [0.15, 0.2) is 30.3 Å². The number of nitrogens with one attached hydrogen (secondary N) is 1. The van der Waals surface area contributed by atoms with Crippen LogP contribution >= 0.6 is 0 Å². The highest BCUT2D eigenvalue weighted by Crippen LogP contribution is 2.21. The molecule has 0 saturated heterocycles. The molecular formula is C17H26N2O2. The first-order chi connectivity index (χ1) is 10.2. The SMILES string of the molecule is CCCCN(CCC(NC1CC1)C(=O)O)c1ccccc1. The minimum Gasteiger partial charge on any atom is -0.480 e. The van der Waals surface area contributed by atoms with Crippen molar-refractivity contribution >= 4 is 11.7 Å². The van der Waals surface area contributed by atoms with E-state index in [4.69, 9.17) is 0 Å². The molecule has 0 radical (unpaired) electrons. The van der Waals surface area contributed by atoms with E-state index >= 15 is 0 Å². The molecule has 4 nitrogen and oxygen atoms in total. The van der Waals surface area contributed by atoms with Crippen LogP contribution in [0.2, 0.25) is 0 Å². The van der Waals surface area contributed by atoms with E-state index in [-0.39, 0.29) is 0 Å². The Kier molecular flexibility index (Phi) is 6.05. The summed E-state index contributed by atoms with van der Waals surface area (Å²) in [5, 5.41) is 12.6. The number of carboxylic acid groups (broad SMARTS) is 1. The minimum atomic E-state index is -0.731. The van der Waals surface area contributed by atoms with E-state index < -0.39 is 12.0 Å². The number of unbranched alkanes of at least 4 members (excludes halogenated alkanes) is 1. The van der Waals surface area contributed by atoms with Gasteiger partial charge in [-0.2, -0.15) is 0 Å². The molecule has 4 heteroatoms. The number of aliphatic carboxylic acids is 1. The van der Waals surface area contributed by atoms with Gasteiger partial charge in [0.2, 0.25) is 0 Å². The molecule has 1 aromatic rings. The molecule has 0 heterocycles. The van der Waals surface area contributed by atoms with Crippen LogP contribution < -0.4 is 10.2 Å². The van der Waals surface area contributed by atoms with Gasteiger partial charge in [0.25, 0.3) is 0 Å². The van der Waals surface area contributed by atoms with Crippen molar-refractivity contribution in [2.24, 2.45) is 0 Å². The van der Waals surface area contributed by atoms with Crippen LogP contribution in [0.5, 0.6) is 0 Å². The number of nitrogens with zero attached hydrogens (tertiary/aromatic N) is 1. The van der Waals surface area contributed by atoms with Crippen LogP contribution in [-0.2, 0) is 4.79 Å². The molecule has 2 N–H and O–H groups in total. The van der Waals surface area contributed by atoms with Gasteiger partial charge in [0, 0.05) is 24.8 Å². The van der Waals surface area contributed by atoms with E-state index in [1.807, 2.05) is 18.2 Å². The Hall–Kier alpha value is -1.55. The molecule has 116 valence electrons. The molecule has 0 aliphatic heterocycles. The van der Waals surface area contributed by atoms with Gasteiger partial charge in [-0.1, -0.05) is 31.5 Å². The van der Waals surface area contributed by atoms with Gasteiger partial charge in [-0.3, -0.25) is 4.79 Å². The molecule has 21 heavy (non-hydrogen) atoms. The first-order valence-electron chi connectivity index (χ1n) is 7.99. The van der Waals surface area contributed by atoms with Crippen molar-refractivity contribution in [2.45, 2.75) is 51.1 Å². The van der Waals surface area contributed by atoms with E-state index in [1.54, 1.807) is 0 Å². The van der Waals surface area contributed by atoms with Gasteiger partial charge in [-0.25, -0.2) is 0 Å². The zero-order chi connectivity index (χ0) is 15.1. The molecule has 0 spiro atoms. The number of rotatable bonds is 10. The highest BCUT2D eigenvalue weighted by atomic mass is 16.4. The van der Waals surface area contributed by atoms with Crippen molar-refractivity contribution in [3.8, 4) is 0 Å². The predicted molar refractivity (Wildman–Crippen MR) is 85.8 cm³/mol. The maximum absolute atomic E-state index is 11.3. The molecule has 1 aliphatic rings. The van der Waals surface area contributed by atoms with Crippen LogP contribution in [0.1, 0.15) is 39.0 Å². The van der Waals surface area contributed by atoms with Gasteiger partial charge in [-0.05, 0) is 37.8 Å². The van der Waals surface area contributed by atoms with Crippen LogP contribution in [0.3, 0.4) is 0 Å². The first kappa shape index (κ1) is 15.8. The molecule has 2 rings (SSSR count). The lowest BCUT2D eigenvalue weighted by atomic mass is 10.1. The lowest BCUT2D eigenvalue weighted by Crippen LogP contribution is -2.41. The van der Waals surface area contributed by atoms with Crippen LogP contribution in [-0.4, -0.2) is 36.2 Å². The number of hydrogen-bond acceptors (Lipinski definition) is 3. The second-order valence-electron chi connectivity index (χ2n) is 5.80. The molecule has 0 aromatic heterocycles. The number of benzene rings is 1. The maximum Gasteiger partial charge on any atom is 0.320 e. The lowest BCUT2D eigenvalue weighted by molar-refractivity contribution is -0.139. The fourth-order valence-electron chi connectivity index (χ4n) is 2.46. The van der Waals surface area contributed by atoms with Crippen molar-refractivity contribution < 1.29 is 9.90 Å². The summed E-state index contributed by atoms with van der Waals surface area (Å²) in [5.74, 6) is -0.731. The maximum atomic E-state index is 11.3. The van der Waals surface area contributed by atoms with E-state index in [9.17, 15) is 9.90 Å². The largest absolute Gasteiger partial charge is 0.480 e.